The second-order valence-electron chi connectivity index (χ2n) is 4.06. The van der Waals surface area contributed by atoms with E-state index in [0.29, 0.717) is 11.3 Å². The predicted molar refractivity (Wildman–Crippen MR) is 72.6 cm³/mol. The normalized spacial score (nSPS) is 9.90. The van der Waals surface area contributed by atoms with Crippen molar-refractivity contribution in [1.29, 1.82) is 5.26 Å². The van der Waals surface area contributed by atoms with Gasteiger partial charge in [-0.2, -0.15) is 5.26 Å². The Labute approximate surface area is 120 Å². The van der Waals surface area contributed by atoms with Gasteiger partial charge in [0.15, 0.2) is 5.78 Å². The van der Waals surface area contributed by atoms with Crippen LogP contribution in [-0.2, 0) is 0 Å². The van der Waals surface area contributed by atoms with E-state index in [1.807, 2.05) is 0 Å². The zero-order valence-electron chi connectivity index (χ0n) is 10.5. The van der Waals surface area contributed by atoms with E-state index in [-0.39, 0.29) is 22.1 Å². The van der Waals surface area contributed by atoms with Crippen LogP contribution < -0.4 is 4.74 Å². The van der Waals surface area contributed by atoms with Crippen LogP contribution in [0.4, 0.5) is 4.39 Å². The topological polar surface area (TPSA) is 50.1 Å². The third kappa shape index (κ3) is 2.95. The Balaban J connectivity index is 2.29. The molecule has 100 valence electrons. The van der Waals surface area contributed by atoms with Crippen molar-refractivity contribution in [3.8, 4) is 17.6 Å². The van der Waals surface area contributed by atoms with Gasteiger partial charge in [-0.05, 0) is 37.3 Å². The molecule has 5 heteroatoms. The van der Waals surface area contributed by atoms with Crippen molar-refractivity contribution in [1.82, 2.24) is 0 Å². The van der Waals surface area contributed by atoms with E-state index in [0.717, 1.165) is 6.07 Å². The number of benzene rings is 2. The molecule has 0 fully saturated rings. The van der Waals surface area contributed by atoms with Gasteiger partial charge >= 0.3 is 0 Å². The lowest BCUT2D eigenvalue weighted by Crippen LogP contribution is -1.93. The van der Waals surface area contributed by atoms with Gasteiger partial charge in [0.1, 0.15) is 23.4 Å². The third-order valence-electron chi connectivity index (χ3n) is 2.63. The van der Waals surface area contributed by atoms with E-state index in [1.54, 1.807) is 12.1 Å². The predicted octanol–water partition coefficient (Wildman–Crippen LogP) is 4.35. The quantitative estimate of drug-likeness (QED) is 0.790. The van der Waals surface area contributed by atoms with E-state index in [4.69, 9.17) is 21.6 Å². The van der Waals surface area contributed by atoms with Crippen molar-refractivity contribution in [2.45, 2.75) is 6.92 Å². The molecule has 20 heavy (non-hydrogen) atoms. The summed E-state index contributed by atoms with van der Waals surface area (Å²) in [6.07, 6.45) is 0. The van der Waals surface area contributed by atoms with Gasteiger partial charge in [0, 0.05) is 11.6 Å². The molecule has 0 aliphatic carbocycles. The Morgan fingerprint density at radius 3 is 2.60 bits per heavy atom. The van der Waals surface area contributed by atoms with Crippen LogP contribution in [0.2, 0.25) is 5.02 Å². The smallest absolute Gasteiger partial charge is 0.159 e. The maximum atomic E-state index is 13.4. The first-order valence-corrected chi connectivity index (χ1v) is 6.07. The van der Waals surface area contributed by atoms with Crippen LogP contribution in [0.25, 0.3) is 0 Å². The number of carbonyl (C=O) groups is 1. The number of ketones is 1. The summed E-state index contributed by atoms with van der Waals surface area (Å²) in [6, 6.07) is 10.2. The summed E-state index contributed by atoms with van der Waals surface area (Å²) in [5.74, 6) is -0.246. The molecule has 0 N–H and O–H groups in total. The number of rotatable bonds is 3. The third-order valence-corrected chi connectivity index (χ3v) is 2.92. The molecule has 0 bridgehead atoms. The molecule has 0 aromatic heterocycles. The van der Waals surface area contributed by atoms with Gasteiger partial charge in [-0.1, -0.05) is 11.6 Å². The fourth-order valence-corrected chi connectivity index (χ4v) is 1.80. The van der Waals surface area contributed by atoms with Gasteiger partial charge in [-0.25, -0.2) is 4.39 Å². The molecule has 0 unspecified atom stereocenters. The van der Waals surface area contributed by atoms with E-state index >= 15 is 0 Å². The summed E-state index contributed by atoms with van der Waals surface area (Å²) in [6.45, 7) is 1.43. The molecule has 0 aliphatic rings. The second kappa shape index (κ2) is 5.72. The molecule has 0 amide bonds. The van der Waals surface area contributed by atoms with Crippen LogP contribution in [0.1, 0.15) is 22.8 Å². The van der Waals surface area contributed by atoms with Crippen molar-refractivity contribution in [3.63, 3.8) is 0 Å². The summed E-state index contributed by atoms with van der Waals surface area (Å²) >= 11 is 6.00. The van der Waals surface area contributed by atoms with Crippen molar-refractivity contribution in [3.05, 3.63) is 58.4 Å². The average Bonchev–Trinajstić information content (AvgIpc) is 2.41. The number of hydrogen-bond acceptors (Lipinski definition) is 3. The van der Waals surface area contributed by atoms with Gasteiger partial charge in [-0.15, -0.1) is 0 Å². The lowest BCUT2D eigenvalue weighted by molar-refractivity contribution is 0.101. The zero-order chi connectivity index (χ0) is 14.7. The van der Waals surface area contributed by atoms with Crippen molar-refractivity contribution in [2.24, 2.45) is 0 Å². The van der Waals surface area contributed by atoms with E-state index in [9.17, 15) is 9.18 Å². The maximum absolute atomic E-state index is 13.4. The molecule has 0 aliphatic heterocycles. The Morgan fingerprint density at radius 1 is 1.30 bits per heavy atom. The molecule has 0 saturated carbocycles. The summed E-state index contributed by atoms with van der Waals surface area (Å²) in [5, 5.41) is 8.89. The Hall–Kier alpha value is -2.38. The van der Waals surface area contributed by atoms with Gasteiger partial charge in [0.25, 0.3) is 0 Å². The van der Waals surface area contributed by atoms with Gasteiger partial charge in [0.2, 0.25) is 0 Å². The molecule has 3 nitrogen and oxygen atoms in total. The first kappa shape index (κ1) is 14.0. The van der Waals surface area contributed by atoms with Gasteiger partial charge < -0.3 is 4.74 Å². The SMILES string of the molecule is CC(=O)c1ccc(Oc2ccc(C#N)c(F)c2)c(Cl)c1. The van der Waals surface area contributed by atoms with Crippen molar-refractivity contribution < 1.29 is 13.9 Å². The van der Waals surface area contributed by atoms with Crippen LogP contribution in [0, 0.1) is 17.1 Å². The lowest BCUT2D eigenvalue weighted by Gasteiger charge is -2.08. The highest BCUT2D eigenvalue weighted by atomic mass is 35.5. The monoisotopic (exact) mass is 289 g/mol. The molecular formula is C15H9ClFNO2. The minimum Gasteiger partial charge on any atom is -0.456 e. The molecule has 2 rings (SSSR count). The first-order chi connectivity index (χ1) is 9.51. The van der Waals surface area contributed by atoms with Crippen LogP contribution in [0.15, 0.2) is 36.4 Å². The van der Waals surface area contributed by atoms with Crippen LogP contribution in [-0.4, -0.2) is 5.78 Å². The number of carbonyl (C=O) groups excluding carboxylic acids is 1. The highest BCUT2D eigenvalue weighted by molar-refractivity contribution is 6.32. The second-order valence-corrected chi connectivity index (χ2v) is 4.46. The first-order valence-electron chi connectivity index (χ1n) is 5.69. The number of ether oxygens (including phenoxy) is 1. The number of Topliss-reactive ketones (excluding diaryl/α,β-unsaturated/α-hetero) is 1. The summed E-state index contributed by atoms with van der Waals surface area (Å²) in [5.41, 5.74) is 0.406. The molecule has 0 saturated heterocycles. The number of nitriles is 1. The van der Waals surface area contributed by atoms with Crippen molar-refractivity contribution in [2.75, 3.05) is 0 Å². The van der Waals surface area contributed by atoms with Crippen LogP contribution >= 0.6 is 11.6 Å². The van der Waals surface area contributed by atoms with E-state index < -0.39 is 5.82 Å². The fourth-order valence-electron chi connectivity index (χ4n) is 1.58. The Bertz CT molecular complexity index is 722. The molecule has 0 atom stereocenters. The molecule has 0 heterocycles. The number of nitrogens with zero attached hydrogens (tertiary/aromatic N) is 1. The van der Waals surface area contributed by atoms with E-state index in [2.05, 4.69) is 0 Å². The van der Waals surface area contributed by atoms with Crippen LogP contribution in [0.3, 0.4) is 0 Å². The number of halogens is 2. The minimum absolute atomic E-state index is 0.0598. The highest BCUT2D eigenvalue weighted by Gasteiger charge is 2.09. The van der Waals surface area contributed by atoms with Gasteiger partial charge in [-0.3, -0.25) is 4.79 Å². The van der Waals surface area contributed by atoms with Crippen LogP contribution in [0.5, 0.6) is 11.5 Å². The van der Waals surface area contributed by atoms with Crippen molar-refractivity contribution >= 4 is 17.4 Å². The Morgan fingerprint density at radius 2 is 2.05 bits per heavy atom. The summed E-state index contributed by atoms with van der Waals surface area (Å²) in [7, 11) is 0. The summed E-state index contributed by atoms with van der Waals surface area (Å²) in [4.78, 5) is 11.2. The van der Waals surface area contributed by atoms with E-state index in [1.165, 1.54) is 31.2 Å². The molecule has 0 radical (unpaired) electrons. The molecule has 2 aromatic rings. The molecular weight excluding hydrogens is 281 g/mol. The van der Waals surface area contributed by atoms with Gasteiger partial charge in [0.05, 0.1) is 10.6 Å². The number of hydrogen-bond donors (Lipinski definition) is 0. The standard InChI is InChI=1S/C15H9ClFNO2/c1-9(19)10-3-5-15(13(16)6-10)20-12-4-2-11(8-18)14(17)7-12/h2-7H,1H3. The zero-order valence-corrected chi connectivity index (χ0v) is 11.2. The Kier molecular flexibility index (Phi) is 4.02. The largest absolute Gasteiger partial charge is 0.456 e. The fraction of sp³-hybridized carbons (Fsp3) is 0.0667. The highest BCUT2D eigenvalue weighted by Crippen LogP contribution is 2.30. The maximum Gasteiger partial charge on any atom is 0.159 e. The molecule has 0 spiro atoms. The minimum atomic E-state index is -0.665. The lowest BCUT2D eigenvalue weighted by atomic mass is 10.1. The molecule has 2 aromatic carbocycles. The average molecular weight is 290 g/mol. The summed E-state index contributed by atoms with van der Waals surface area (Å²) < 4.78 is 18.9.